The van der Waals surface area contributed by atoms with E-state index < -0.39 is 0 Å². The van der Waals surface area contributed by atoms with Crippen LogP contribution in [-0.4, -0.2) is 58.4 Å². The molecule has 2 amide bonds. The van der Waals surface area contributed by atoms with Crippen LogP contribution in [0.3, 0.4) is 0 Å². The van der Waals surface area contributed by atoms with Crippen molar-refractivity contribution in [1.82, 2.24) is 20.3 Å². The summed E-state index contributed by atoms with van der Waals surface area (Å²) in [5.74, 6) is 1.52. The number of hydrogen-bond donors (Lipinski definition) is 2. The van der Waals surface area contributed by atoms with E-state index in [1.807, 2.05) is 19.1 Å². The van der Waals surface area contributed by atoms with E-state index in [4.69, 9.17) is 8.94 Å². The molecular weight excluding hydrogens is 324 g/mol. The summed E-state index contributed by atoms with van der Waals surface area (Å²) < 4.78 is 10.5. The van der Waals surface area contributed by atoms with Gasteiger partial charge in [0.2, 0.25) is 0 Å². The number of aryl methyl sites for hydroxylation is 1. The van der Waals surface area contributed by atoms with Gasteiger partial charge >= 0.3 is 6.03 Å². The first-order valence-corrected chi connectivity index (χ1v) is 8.48. The predicted octanol–water partition coefficient (Wildman–Crippen LogP) is 1.35. The van der Waals surface area contributed by atoms with Crippen molar-refractivity contribution in [3.63, 3.8) is 0 Å². The molecule has 0 radical (unpaired) electrons. The first-order chi connectivity index (χ1) is 12.2. The highest BCUT2D eigenvalue weighted by atomic mass is 16.5. The zero-order valence-corrected chi connectivity index (χ0v) is 14.4. The molecular formula is C17H24N4O4. The molecule has 1 fully saturated rings. The van der Waals surface area contributed by atoms with Gasteiger partial charge in [-0.2, -0.15) is 0 Å². The lowest BCUT2D eigenvalue weighted by Gasteiger charge is -2.40. The van der Waals surface area contributed by atoms with Crippen molar-refractivity contribution >= 4 is 6.03 Å². The highest BCUT2D eigenvalue weighted by molar-refractivity contribution is 5.74. The topological polar surface area (TPSA) is 95.0 Å². The van der Waals surface area contributed by atoms with E-state index >= 15 is 0 Å². The molecule has 25 heavy (non-hydrogen) atoms. The van der Waals surface area contributed by atoms with Gasteiger partial charge in [0.25, 0.3) is 0 Å². The minimum Gasteiger partial charge on any atom is -0.468 e. The second-order valence-corrected chi connectivity index (χ2v) is 6.26. The van der Waals surface area contributed by atoms with Gasteiger partial charge in [-0.3, -0.25) is 4.90 Å². The lowest BCUT2D eigenvalue weighted by atomic mass is 10.1. The number of aliphatic hydroxyl groups is 1. The quantitative estimate of drug-likeness (QED) is 0.818. The number of furan rings is 1. The number of hydrogen-bond acceptors (Lipinski definition) is 6. The number of carbonyl (C=O) groups excluding carboxylic acids is 1. The maximum atomic E-state index is 12.4. The van der Waals surface area contributed by atoms with Crippen molar-refractivity contribution in [3.8, 4) is 0 Å². The van der Waals surface area contributed by atoms with Crippen LogP contribution in [-0.2, 0) is 13.1 Å². The monoisotopic (exact) mass is 348 g/mol. The van der Waals surface area contributed by atoms with Gasteiger partial charge in [0.1, 0.15) is 5.76 Å². The highest BCUT2D eigenvalue weighted by Gasteiger charge is 2.29. The average Bonchev–Trinajstić information content (AvgIpc) is 3.26. The SMILES string of the molecule is Cc1cc(CNC(=O)N2CCN(Cc3ccco3)C(CCO)C2)on1. The van der Waals surface area contributed by atoms with Gasteiger partial charge < -0.3 is 24.3 Å². The third kappa shape index (κ3) is 4.61. The molecule has 0 saturated carbocycles. The van der Waals surface area contributed by atoms with Crippen LogP contribution in [0.15, 0.2) is 33.4 Å². The maximum absolute atomic E-state index is 12.4. The lowest BCUT2D eigenvalue weighted by molar-refractivity contribution is 0.0633. The van der Waals surface area contributed by atoms with E-state index in [0.29, 0.717) is 38.4 Å². The molecule has 2 aromatic heterocycles. The second kappa shape index (κ2) is 8.17. The Kier molecular flexibility index (Phi) is 5.72. The molecule has 0 aliphatic carbocycles. The van der Waals surface area contributed by atoms with Crippen molar-refractivity contribution in [2.75, 3.05) is 26.2 Å². The summed E-state index contributed by atoms with van der Waals surface area (Å²) in [6, 6.07) is 5.58. The molecule has 0 spiro atoms. The Balaban J connectivity index is 1.54. The van der Waals surface area contributed by atoms with Gasteiger partial charge in [0, 0.05) is 38.3 Å². The average molecular weight is 348 g/mol. The normalized spacial score (nSPS) is 18.5. The fourth-order valence-electron chi connectivity index (χ4n) is 3.09. The van der Waals surface area contributed by atoms with Gasteiger partial charge in [0.05, 0.1) is 25.0 Å². The van der Waals surface area contributed by atoms with Gasteiger partial charge in [0.15, 0.2) is 5.76 Å². The van der Waals surface area contributed by atoms with Gasteiger partial charge in [-0.05, 0) is 25.5 Å². The van der Waals surface area contributed by atoms with E-state index in [9.17, 15) is 9.90 Å². The molecule has 1 aliphatic heterocycles. The zero-order chi connectivity index (χ0) is 17.6. The van der Waals surface area contributed by atoms with Crippen LogP contribution in [0.1, 0.15) is 23.6 Å². The molecule has 3 heterocycles. The molecule has 3 rings (SSSR count). The fraction of sp³-hybridized carbons (Fsp3) is 0.529. The summed E-state index contributed by atoms with van der Waals surface area (Å²) in [5.41, 5.74) is 0.791. The first kappa shape index (κ1) is 17.5. The Morgan fingerprint density at radius 1 is 1.44 bits per heavy atom. The summed E-state index contributed by atoms with van der Waals surface area (Å²) in [7, 11) is 0. The molecule has 1 aliphatic rings. The van der Waals surface area contributed by atoms with Gasteiger partial charge in [-0.1, -0.05) is 5.16 Å². The van der Waals surface area contributed by atoms with E-state index in [-0.39, 0.29) is 18.7 Å². The molecule has 1 unspecified atom stereocenters. The smallest absolute Gasteiger partial charge is 0.317 e. The van der Waals surface area contributed by atoms with E-state index in [2.05, 4.69) is 15.4 Å². The van der Waals surface area contributed by atoms with Crippen LogP contribution in [0.2, 0.25) is 0 Å². The lowest BCUT2D eigenvalue weighted by Crippen LogP contribution is -2.56. The summed E-state index contributed by atoms with van der Waals surface area (Å²) in [6.45, 7) is 4.87. The second-order valence-electron chi connectivity index (χ2n) is 6.26. The number of rotatable bonds is 6. The fourth-order valence-corrected chi connectivity index (χ4v) is 3.09. The van der Waals surface area contributed by atoms with Crippen LogP contribution in [0, 0.1) is 6.92 Å². The molecule has 8 heteroatoms. The predicted molar refractivity (Wildman–Crippen MR) is 89.7 cm³/mol. The van der Waals surface area contributed by atoms with Crippen LogP contribution < -0.4 is 5.32 Å². The Morgan fingerprint density at radius 3 is 3.00 bits per heavy atom. The number of aliphatic hydroxyl groups excluding tert-OH is 1. The molecule has 0 bridgehead atoms. The minimum atomic E-state index is -0.130. The van der Waals surface area contributed by atoms with Crippen molar-refractivity contribution < 1.29 is 18.8 Å². The Morgan fingerprint density at radius 2 is 2.32 bits per heavy atom. The maximum Gasteiger partial charge on any atom is 0.317 e. The van der Waals surface area contributed by atoms with Crippen LogP contribution in [0.5, 0.6) is 0 Å². The number of nitrogens with zero attached hydrogens (tertiary/aromatic N) is 3. The van der Waals surface area contributed by atoms with Gasteiger partial charge in [-0.25, -0.2) is 4.79 Å². The number of carbonyl (C=O) groups is 1. The number of urea groups is 1. The summed E-state index contributed by atoms with van der Waals surface area (Å²) >= 11 is 0. The molecule has 136 valence electrons. The van der Waals surface area contributed by atoms with Crippen molar-refractivity contribution in [2.45, 2.75) is 32.5 Å². The largest absolute Gasteiger partial charge is 0.468 e. The van der Waals surface area contributed by atoms with Crippen LogP contribution in [0.25, 0.3) is 0 Å². The summed E-state index contributed by atoms with van der Waals surface area (Å²) in [4.78, 5) is 16.4. The standard InChI is InChI=1S/C17H24N4O4/c1-13-9-16(25-19-13)10-18-17(23)21-6-5-20(14(11-21)4-7-22)12-15-3-2-8-24-15/h2-3,8-9,14,22H,4-7,10-12H2,1H3,(H,18,23). The number of nitrogens with one attached hydrogen (secondary N) is 1. The zero-order valence-electron chi connectivity index (χ0n) is 14.4. The van der Waals surface area contributed by atoms with Gasteiger partial charge in [-0.15, -0.1) is 0 Å². The van der Waals surface area contributed by atoms with E-state index in [1.165, 1.54) is 0 Å². The Bertz CT molecular complexity index is 670. The third-order valence-electron chi connectivity index (χ3n) is 4.38. The molecule has 0 aromatic carbocycles. The number of aromatic nitrogens is 1. The number of amides is 2. The van der Waals surface area contributed by atoms with Crippen molar-refractivity contribution in [1.29, 1.82) is 0 Å². The molecule has 2 N–H and O–H groups in total. The van der Waals surface area contributed by atoms with E-state index in [0.717, 1.165) is 18.0 Å². The van der Waals surface area contributed by atoms with Crippen LogP contribution >= 0.6 is 0 Å². The molecule has 2 aromatic rings. The molecule has 8 nitrogen and oxygen atoms in total. The first-order valence-electron chi connectivity index (χ1n) is 8.48. The highest BCUT2D eigenvalue weighted by Crippen LogP contribution is 2.17. The Hall–Kier alpha value is -2.32. The molecule has 1 atom stereocenters. The number of piperazine rings is 1. The minimum absolute atomic E-state index is 0.0894. The van der Waals surface area contributed by atoms with Crippen LogP contribution in [0.4, 0.5) is 4.79 Å². The third-order valence-corrected chi connectivity index (χ3v) is 4.38. The van der Waals surface area contributed by atoms with Crippen molar-refractivity contribution in [3.05, 3.63) is 41.7 Å². The van der Waals surface area contributed by atoms with E-state index in [1.54, 1.807) is 17.2 Å². The summed E-state index contributed by atoms with van der Waals surface area (Å²) in [6.07, 6.45) is 2.27. The molecule has 1 saturated heterocycles. The van der Waals surface area contributed by atoms with Crippen molar-refractivity contribution in [2.24, 2.45) is 0 Å². The Labute approximate surface area is 146 Å². The summed E-state index contributed by atoms with van der Waals surface area (Å²) in [5, 5.41) is 16.0.